The molecule has 24 heavy (non-hydrogen) atoms. The number of aliphatic hydroxyl groups excluding tert-OH is 1. The molecule has 1 aromatic heterocycles. The van der Waals surface area contributed by atoms with Crippen LogP contribution in [0.1, 0.15) is 30.2 Å². The molecule has 2 heterocycles. The second-order valence-corrected chi connectivity index (χ2v) is 6.22. The van der Waals surface area contributed by atoms with E-state index in [1.165, 1.54) is 0 Å². The molecule has 1 fully saturated rings. The topological polar surface area (TPSA) is 65.5 Å². The molecule has 1 unspecified atom stereocenters. The van der Waals surface area contributed by atoms with E-state index >= 15 is 0 Å². The Balaban J connectivity index is 1.53. The first-order chi connectivity index (χ1) is 11.6. The van der Waals surface area contributed by atoms with Crippen molar-refractivity contribution in [2.24, 2.45) is 0 Å². The number of pyridine rings is 1. The summed E-state index contributed by atoms with van der Waals surface area (Å²) in [6, 6.07) is 15.1. The summed E-state index contributed by atoms with van der Waals surface area (Å²) < 4.78 is 0. The molecule has 5 nitrogen and oxygen atoms in total. The fourth-order valence-corrected chi connectivity index (χ4v) is 3.02. The highest BCUT2D eigenvalue weighted by Gasteiger charge is 2.24. The molecule has 5 heteroatoms. The van der Waals surface area contributed by atoms with Crippen molar-refractivity contribution < 1.29 is 9.90 Å². The second kappa shape index (κ2) is 7.45. The van der Waals surface area contributed by atoms with Crippen LogP contribution in [0, 0.1) is 6.92 Å². The van der Waals surface area contributed by atoms with Gasteiger partial charge in [-0.05, 0) is 37.5 Å². The van der Waals surface area contributed by atoms with Gasteiger partial charge in [-0.2, -0.15) is 0 Å². The van der Waals surface area contributed by atoms with Gasteiger partial charge in [-0.25, -0.2) is 4.98 Å². The van der Waals surface area contributed by atoms with Crippen LogP contribution in [0.4, 0.5) is 5.82 Å². The zero-order valence-electron chi connectivity index (χ0n) is 13.9. The van der Waals surface area contributed by atoms with Crippen molar-refractivity contribution in [3.05, 3.63) is 59.8 Å². The Morgan fingerprint density at radius 3 is 2.54 bits per heavy atom. The summed E-state index contributed by atoms with van der Waals surface area (Å²) in [4.78, 5) is 19.0. The van der Waals surface area contributed by atoms with Crippen molar-refractivity contribution in [1.29, 1.82) is 0 Å². The van der Waals surface area contributed by atoms with Crippen molar-refractivity contribution in [3.8, 4) is 0 Å². The number of benzene rings is 1. The Morgan fingerprint density at radius 1 is 1.17 bits per heavy atom. The van der Waals surface area contributed by atoms with E-state index in [4.69, 9.17) is 0 Å². The number of rotatable bonds is 4. The van der Waals surface area contributed by atoms with Gasteiger partial charge < -0.3 is 15.3 Å². The molecule has 3 rings (SSSR count). The minimum absolute atomic E-state index is 0.0944. The Labute approximate surface area is 142 Å². The number of carbonyl (C=O) groups excluding carboxylic acids is 1. The van der Waals surface area contributed by atoms with Crippen molar-refractivity contribution in [2.75, 3.05) is 18.0 Å². The van der Waals surface area contributed by atoms with Crippen LogP contribution in [0.3, 0.4) is 0 Å². The molecule has 1 atom stereocenters. The third-order valence-corrected chi connectivity index (χ3v) is 4.40. The average Bonchev–Trinajstić information content (AvgIpc) is 2.62. The van der Waals surface area contributed by atoms with Gasteiger partial charge in [-0.15, -0.1) is 0 Å². The first-order valence-electron chi connectivity index (χ1n) is 8.35. The highest BCUT2D eigenvalue weighted by molar-refractivity contribution is 5.82. The lowest BCUT2D eigenvalue weighted by Crippen LogP contribution is -2.46. The molecule has 0 radical (unpaired) electrons. The number of amides is 1. The summed E-state index contributed by atoms with van der Waals surface area (Å²) >= 11 is 0. The highest BCUT2D eigenvalue weighted by Crippen LogP contribution is 2.19. The number of carbonyl (C=O) groups is 1. The maximum absolute atomic E-state index is 12.2. The van der Waals surface area contributed by atoms with E-state index in [9.17, 15) is 9.90 Å². The number of aromatic nitrogens is 1. The van der Waals surface area contributed by atoms with Crippen LogP contribution in [0.5, 0.6) is 0 Å². The van der Waals surface area contributed by atoms with E-state index in [2.05, 4.69) is 15.2 Å². The summed E-state index contributed by atoms with van der Waals surface area (Å²) in [5.41, 5.74) is 1.63. The van der Waals surface area contributed by atoms with Gasteiger partial charge in [-0.1, -0.05) is 36.4 Å². The molecule has 1 saturated heterocycles. The monoisotopic (exact) mass is 325 g/mol. The third kappa shape index (κ3) is 3.92. The molecular weight excluding hydrogens is 302 g/mol. The van der Waals surface area contributed by atoms with Crippen LogP contribution >= 0.6 is 0 Å². The van der Waals surface area contributed by atoms with Crippen LogP contribution in [0.2, 0.25) is 0 Å². The molecular formula is C19H23N3O2. The highest BCUT2D eigenvalue weighted by atomic mass is 16.3. The molecule has 1 aliphatic heterocycles. The number of nitrogens with one attached hydrogen (secondary N) is 1. The Morgan fingerprint density at radius 2 is 1.88 bits per heavy atom. The van der Waals surface area contributed by atoms with E-state index in [1.807, 2.05) is 43.3 Å². The average molecular weight is 325 g/mol. The summed E-state index contributed by atoms with van der Waals surface area (Å²) in [6.45, 7) is 3.69. The summed E-state index contributed by atoms with van der Waals surface area (Å²) in [5.74, 6) is 0.664. The first-order valence-corrected chi connectivity index (χ1v) is 8.35. The van der Waals surface area contributed by atoms with E-state index in [-0.39, 0.29) is 11.9 Å². The lowest BCUT2D eigenvalue weighted by Gasteiger charge is -2.33. The zero-order chi connectivity index (χ0) is 16.9. The first kappa shape index (κ1) is 16.5. The number of aliphatic hydroxyl groups is 1. The number of piperidine rings is 1. The van der Waals surface area contributed by atoms with Gasteiger partial charge in [0.1, 0.15) is 5.82 Å². The van der Waals surface area contributed by atoms with Crippen LogP contribution in [0.25, 0.3) is 0 Å². The normalized spacial score (nSPS) is 16.7. The molecule has 0 bridgehead atoms. The molecule has 2 aromatic rings. The smallest absolute Gasteiger partial charge is 0.253 e. The van der Waals surface area contributed by atoms with Gasteiger partial charge in [0, 0.05) is 24.8 Å². The number of hydrogen-bond acceptors (Lipinski definition) is 4. The lowest BCUT2D eigenvalue weighted by atomic mass is 10.0. The fourth-order valence-electron chi connectivity index (χ4n) is 3.02. The number of hydrogen-bond donors (Lipinski definition) is 2. The molecule has 1 aromatic carbocycles. The van der Waals surface area contributed by atoms with E-state index in [1.54, 1.807) is 12.1 Å². The van der Waals surface area contributed by atoms with Crippen molar-refractivity contribution in [3.63, 3.8) is 0 Å². The van der Waals surface area contributed by atoms with Crippen LogP contribution in [-0.4, -0.2) is 35.1 Å². The largest absolute Gasteiger partial charge is 0.378 e. The molecule has 0 aliphatic carbocycles. The predicted octanol–water partition coefficient (Wildman–Crippen LogP) is 2.21. The molecule has 126 valence electrons. The molecule has 2 N–H and O–H groups in total. The van der Waals surface area contributed by atoms with Crippen molar-refractivity contribution in [2.45, 2.75) is 31.9 Å². The SMILES string of the molecule is Cc1cccc(N2CCC(NC(=O)C(O)c3ccccc3)CC2)n1. The van der Waals surface area contributed by atoms with Crippen LogP contribution in [-0.2, 0) is 4.79 Å². The Hall–Kier alpha value is -2.40. The Kier molecular flexibility index (Phi) is 5.11. The number of nitrogens with zero attached hydrogens (tertiary/aromatic N) is 2. The summed E-state index contributed by atoms with van der Waals surface area (Å²) in [5, 5.41) is 13.1. The minimum atomic E-state index is -1.11. The van der Waals surface area contributed by atoms with E-state index in [0.717, 1.165) is 37.4 Å². The number of anilines is 1. The van der Waals surface area contributed by atoms with Crippen LogP contribution < -0.4 is 10.2 Å². The van der Waals surface area contributed by atoms with Gasteiger partial charge >= 0.3 is 0 Å². The lowest BCUT2D eigenvalue weighted by molar-refractivity contribution is -0.130. The maximum Gasteiger partial charge on any atom is 0.253 e. The molecule has 0 spiro atoms. The third-order valence-electron chi connectivity index (χ3n) is 4.40. The molecule has 1 aliphatic rings. The van der Waals surface area contributed by atoms with Gasteiger partial charge in [0.25, 0.3) is 5.91 Å². The standard InChI is InChI=1S/C19H23N3O2/c1-14-6-5-9-17(20-14)22-12-10-16(11-13-22)21-19(24)18(23)15-7-3-2-4-8-15/h2-9,16,18,23H,10-13H2,1H3,(H,21,24). The van der Waals surface area contributed by atoms with E-state index < -0.39 is 6.10 Å². The van der Waals surface area contributed by atoms with Crippen molar-refractivity contribution in [1.82, 2.24) is 10.3 Å². The molecule has 1 amide bonds. The van der Waals surface area contributed by atoms with Crippen LogP contribution in [0.15, 0.2) is 48.5 Å². The van der Waals surface area contributed by atoms with Gasteiger partial charge in [0.05, 0.1) is 0 Å². The van der Waals surface area contributed by atoms with Gasteiger partial charge in [0.2, 0.25) is 0 Å². The number of aryl methyl sites for hydroxylation is 1. The predicted molar refractivity (Wildman–Crippen MR) is 93.8 cm³/mol. The van der Waals surface area contributed by atoms with Gasteiger partial charge in [-0.3, -0.25) is 4.79 Å². The van der Waals surface area contributed by atoms with Crippen molar-refractivity contribution >= 4 is 11.7 Å². The minimum Gasteiger partial charge on any atom is -0.378 e. The van der Waals surface area contributed by atoms with Gasteiger partial charge in [0.15, 0.2) is 6.10 Å². The quantitative estimate of drug-likeness (QED) is 0.904. The zero-order valence-corrected chi connectivity index (χ0v) is 13.9. The summed E-state index contributed by atoms with van der Waals surface area (Å²) in [6.07, 6.45) is 0.592. The second-order valence-electron chi connectivity index (χ2n) is 6.22. The summed E-state index contributed by atoms with van der Waals surface area (Å²) in [7, 11) is 0. The van der Waals surface area contributed by atoms with E-state index in [0.29, 0.717) is 5.56 Å². The fraction of sp³-hybridized carbons (Fsp3) is 0.368. The maximum atomic E-state index is 12.2. The molecule has 0 saturated carbocycles. The Bertz CT molecular complexity index is 682.